The highest BCUT2D eigenvalue weighted by atomic mass is 19.4. The average Bonchev–Trinajstić information content (AvgIpc) is 3.06. The first-order valence-electron chi connectivity index (χ1n) is 8.15. The first-order chi connectivity index (χ1) is 13.3. The quantitative estimate of drug-likeness (QED) is 0.488. The Balaban J connectivity index is 1.95. The van der Waals surface area contributed by atoms with Crippen LogP contribution >= 0.6 is 0 Å². The van der Waals surface area contributed by atoms with Crippen LogP contribution in [0.2, 0.25) is 0 Å². The Morgan fingerprint density at radius 1 is 1.00 bits per heavy atom. The monoisotopic (exact) mass is 386 g/mol. The molecule has 2 aromatic heterocycles. The molecule has 4 aromatic rings. The highest BCUT2D eigenvalue weighted by Gasteiger charge is 2.34. The SMILES string of the molecule is Cc1nc(Nc2nc(-c3ccccc3C(F)(F)F)nc3c(O)cccc23)n[nH]1. The van der Waals surface area contributed by atoms with Gasteiger partial charge >= 0.3 is 6.18 Å². The first-order valence-corrected chi connectivity index (χ1v) is 8.15. The number of nitrogens with one attached hydrogen (secondary N) is 2. The minimum Gasteiger partial charge on any atom is -0.506 e. The lowest BCUT2D eigenvalue weighted by Crippen LogP contribution is -2.09. The summed E-state index contributed by atoms with van der Waals surface area (Å²) in [6.07, 6.45) is -4.58. The highest BCUT2D eigenvalue weighted by Crippen LogP contribution is 2.38. The maximum absolute atomic E-state index is 13.4. The molecule has 0 fully saturated rings. The average molecular weight is 386 g/mol. The van der Waals surface area contributed by atoms with Gasteiger partial charge in [0.25, 0.3) is 0 Å². The summed E-state index contributed by atoms with van der Waals surface area (Å²) >= 11 is 0. The third-order valence-corrected chi connectivity index (χ3v) is 4.01. The van der Waals surface area contributed by atoms with Gasteiger partial charge in [-0.05, 0) is 25.1 Å². The third-order valence-electron chi connectivity index (χ3n) is 4.01. The molecular formula is C18H13F3N6O. The van der Waals surface area contributed by atoms with Crippen LogP contribution in [0.5, 0.6) is 5.75 Å². The number of H-pyrrole nitrogens is 1. The predicted molar refractivity (Wildman–Crippen MR) is 96.0 cm³/mol. The van der Waals surface area contributed by atoms with E-state index in [2.05, 4.69) is 30.5 Å². The van der Waals surface area contributed by atoms with Gasteiger partial charge in [0.2, 0.25) is 5.95 Å². The fourth-order valence-electron chi connectivity index (χ4n) is 2.78. The number of alkyl halides is 3. The van der Waals surface area contributed by atoms with Crippen molar-refractivity contribution in [3.63, 3.8) is 0 Å². The van der Waals surface area contributed by atoms with Gasteiger partial charge in [-0.2, -0.15) is 18.2 Å². The number of anilines is 2. The zero-order valence-corrected chi connectivity index (χ0v) is 14.4. The molecule has 3 N–H and O–H groups in total. The number of rotatable bonds is 3. The second kappa shape index (κ2) is 6.48. The molecular weight excluding hydrogens is 373 g/mol. The first kappa shape index (κ1) is 17.7. The number of aromatic hydroxyl groups is 1. The molecule has 142 valence electrons. The number of hydrogen-bond acceptors (Lipinski definition) is 6. The second-order valence-electron chi connectivity index (χ2n) is 5.98. The van der Waals surface area contributed by atoms with Crippen LogP contribution in [0.3, 0.4) is 0 Å². The zero-order valence-electron chi connectivity index (χ0n) is 14.4. The number of halogens is 3. The molecule has 0 bridgehead atoms. The van der Waals surface area contributed by atoms with Gasteiger partial charge in [0.15, 0.2) is 5.82 Å². The molecule has 10 heteroatoms. The molecule has 2 heterocycles. The second-order valence-corrected chi connectivity index (χ2v) is 5.98. The molecule has 0 aliphatic carbocycles. The van der Waals surface area contributed by atoms with Crippen molar-refractivity contribution >= 4 is 22.7 Å². The molecule has 4 rings (SSSR count). The van der Waals surface area contributed by atoms with Crippen molar-refractivity contribution in [3.8, 4) is 17.1 Å². The normalized spacial score (nSPS) is 11.7. The van der Waals surface area contributed by atoms with E-state index < -0.39 is 11.7 Å². The fourth-order valence-corrected chi connectivity index (χ4v) is 2.78. The molecule has 7 nitrogen and oxygen atoms in total. The zero-order chi connectivity index (χ0) is 19.9. The number of aryl methyl sites for hydroxylation is 1. The number of para-hydroxylation sites is 1. The summed E-state index contributed by atoms with van der Waals surface area (Å²) in [5.41, 5.74) is -0.960. The summed E-state index contributed by atoms with van der Waals surface area (Å²) in [4.78, 5) is 12.6. The van der Waals surface area contributed by atoms with E-state index >= 15 is 0 Å². The summed E-state index contributed by atoms with van der Waals surface area (Å²) in [6.45, 7) is 1.70. The van der Waals surface area contributed by atoms with Crippen LogP contribution in [0.4, 0.5) is 24.9 Å². The van der Waals surface area contributed by atoms with Gasteiger partial charge in [0.1, 0.15) is 22.9 Å². The van der Waals surface area contributed by atoms with Crippen molar-refractivity contribution < 1.29 is 18.3 Å². The van der Waals surface area contributed by atoms with Crippen molar-refractivity contribution in [2.75, 3.05) is 5.32 Å². The number of aromatic amines is 1. The van der Waals surface area contributed by atoms with Crippen LogP contribution in [0.25, 0.3) is 22.3 Å². The molecule has 0 aliphatic rings. The van der Waals surface area contributed by atoms with E-state index in [1.54, 1.807) is 19.1 Å². The van der Waals surface area contributed by atoms with E-state index in [1.807, 2.05) is 0 Å². The summed E-state index contributed by atoms with van der Waals surface area (Å²) in [5.74, 6) is 0.547. The van der Waals surface area contributed by atoms with Crippen LogP contribution < -0.4 is 5.32 Å². The van der Waals surface area contributed by atoms with Gasteiger partial charge in [-0.15, -0.1) is 5.10 Å². The maximum atomic E-state index is 13.4. The summed E-state index contributed by atoms with van der Waals surface area (Å²) in [5, 5.41) is 20.1. The molecule has 0 amide bonds. The Morgan fingerprint density at radius 2 is 1.79 bits per heavy atom. The van der Waals surface area contributed by atoms with Gasteiger partial charge in [-0.1, -0.05) is 24.3 Å². The lowest BCUT2D eigenvalue weighted by atomic mass is 10.1. The number of phenolic OH excluding ortho intramolecular Hbond substituents is 1. The lowest BCUT2D eigenvalue weighted by Gasteiger charge is -2.14. The number of fused-ring (bicyclic) bond motifs is 1. The molecule has 0 saturated heterocycles. The Bertz CT molecular complexity index is 1170. The minimum atomic E-state index is -4.58. The molecule has 2 aromatic carbocycles. The third kappa shape index (κ3) is 3.20. The molecule has 0 spiro atoms. The van der Waals surface area contributed by atoms with Gasteiger partial charge in [-0.25, -0.2) is 9.97 Å². The predicted octanol–water partition coefficient (Wildman–Crippen LogP) is 4.19. The Kier molecular flexibility index (Phi) is 4.10. The van der Waals surface area contributed by atoms with Crippen molar-refractivity contribution in [2.45, 2.75) is 13.1 Å². The van der Waals surface area contributed by atoms with Crippen LogP contribution in [-0.2, 0) is 6.18 Å². The Morgan fingerprint density at radius 3 is 2.50 bits per heavy atom. The number of phenols is 1. The smallest absolute Gasteiger partial charge is 0.417 e. The number of aromatic nitrogens is 5. The molecule has 28 heavy (non-hydrogen) atoms. The van der Waals surface area contributed by atoms with Gasteiger partial charge < -0.3 is 10.4 Å². The van der Waals surface area contributed by atoms with Crippen LogP contribution in [0, 0.1) is 6.92 Å². The van der Waals surface area contributed by atoms with Crippen molar-refractivity contribution in [1.29, 1.82) is 0 Å². The van der Waals surface area contributed by atoms with E-state index in [4.69, 9.17) is 0 Å². The topological polar surface area (TPSA) is 99.6 Å². The molecule has 0 atom stereocenters. The number of hydrogen-bond donors (Lipinski definition) is 3. The van der Waals surface area contributed by atoms with E-state index in [1.165, 1.54) is 24.3 Å². The van der Waals surface area contributed by atoms with E-state index in [9.17, 15) is 18.3 Å². The lowest BCUT2D eigenvalue weighted by molar-refractivity contribution is -0.137. The van der Waals surface area contributed by atoms with Crippen LogP contribution in [-0.4, -0.2) is 30.3 Å². The van der Waals surface area contributed by atoms with Crippen LogP contribution in [0.1, 0.15) is 11.4 Å². The molecule has 0 unspecified atom stereocenters. The van der Waals surface area contributed by atoms with Crippen molar-refractivity contribution in [2.24, 2.45) is 0 Å². The summed E-state index contributed by atoms with van der Waals surface area (Å²) in [7, 11) is 0. The number of benzene rings is 2. The number of nitrogens with zero attached hydrogens (tertiary/aromatic N) is 4. The Hall–Kier alpha value is -3.69. The largest absolute Gasteiger partial charge is 0.506 e. The minimum absolute atomic E-state index is 0.110. The Labute approximate surface area is 156 Å². The fraction of sp³-hybridized carbons (Fsp3) is 0.111. The summed E-state index contributed by atoms with van der Waals surface area (Å²) < 4.78 is 40.3. The van der Waals surface area contributed by atoms with Gasteiger partial charge in [-0.3, -0.25) is 5.10 Å². The molecule has 0 saturated carbocycles. The van der Waals surface area contributed by atoms with Crippen molar-refractivity contribution in [3.05, 3.63) is 53.9 Å². The standard InChI is InChI=1S/C18H13F3N6O/c1-9-22-17(27-26-9)25-16-11-6-4-8-13(28)14(11)23-15(24-16)10-5-2-3-7-12(10)18(19,20)21/h2-8,28H,1H3,(H2,22,23,24,25,26,27). The summed E-state index contributed by atoms with van der Waals surface area (Å²) in [6, 6.07) is 9.61. The highest BCUT2D eigenvalue weighted by molar-refractivity contribution is 5.95. The molecule has 0 aliphatic heterocycles. The maximum Gasteiger partial charge on any atom is 0.417 e. The van der Waals surface area contributed by atoms with E-state index in [0.717, 1.165) is 6.07 Å². The van der Waals surface area contributed by atoms with Gasteiger partial charge in [0.05, 0.1) is 5.56 Å². The van der Waals surface area contributed by atoms with Gasteiger partial charge in [0, 0.05) is 10.9 Å². The van der Waals surface area contributed by atoms with Crippen LogP contribution in [0.15, 0.2) is 42.5 Å². The van der Waals surface area contributed by atoms with E-state index in [-0.39, 0.29) is 34.4 Å². The van der Waals surface area contributed by atoms with Crippen molar-refractivity contribution in [1.82, 2.24) is 25.1 Å². The molecule has 0 radical (unpaired) electrons. The van der Waals surface area contributed by atoms with E-state index in [0.29, 0.717) is 11.2 Å².